The van der Waals surface area contributed by atoms with Crippen molar-refractivity contribution in [1.82, 2.24) is 14.8 Å². The fourth-order valence-electron chi connectivity index (χ4n) is 3.15. The van der Waals surface area contributed by atoms with Crippen LogP contribution in [0.5, 0.6) is 0 Å². The van der Waals surface area contributed by atoms with Crippen LogP contribution < -0.4 is 4.90 Å². The first kappa shape index (κ1) is 12.9. The van der Waals surface area contributed by atoms with Crippen molar-refractivity contribution in [3.63, 3.8) is 0 Å². The van der Waals surface area contributed by atoms with Crippen LogP contribution in [0.3, 0.4) is 0 Å². The van der Waals surface area contributed by atoms with Gasteiger partial charge in [-0.1, -0.05) is 6.07 Å². The molecular formula is C15H24N4. The van der Waals surface area contributed by atoms with E-state index in [2.05, 4.69) is 52.1 Å². The van der Waals surface area contributed by atoms with E-state index < -0.39 is 0 Å². The van der Waals surface area contributed by atoms with Gasteiger partial charge in [0.05, 0.1) is 0 Å². The number of likely N-dealkylation sites (N-methyl/N-ethyl adjacent to an activating group) is 1. The lowest BCUT2D eigenvalue weighted by molar-refractivity contribution is 0.311. The summed E-state index contributed by atoms with van der Waals surface area (Å²) in [6.45, 7) is 5.66. The van der Waals surface area contributed by atoms with Gasteiger partial charge in [-0.15, -0.1) is 0 Å². The Balaban J connectivity index is 1.68. The van der Waals surface area contributed by atoms with Gasteiger partial charge < -0.3 is 9.80 Å². The number of rotatable bonds is 2. The lowest BCUT2D eigenvalue weighted by atomic mass is 10.1. The number of hydrogen-bond donors (Lipinski definition) is 0. The molecule has 3 heterocycles. The molecule has 0 amide bonds. The molecule has 2 aliphatic heterocycles. The van der Waals surface area contributed by atoms with Crippen molar-refractivity contribution in [3.8, 4) is 0 Å². The molecule has 0 radical (unpaired) electrons. The third-order valence-corrected chi connectivity index (χ3v) is 4.50. The quantitative estimate of drug-likeness (QED) is 0.805. The highest BCUT2D eigenvalue weighted by molar-refractivity contribution is 5.40. The summed E-state index contributed by atoms with van der Waals surface area (Å²) in [6, 6.07) is 5.05. The van der Waals surface area contributed by atoms with Crippen molar-refractivity contribution in [2.75, 3.05) is 51.7 Å². The van der Waals surface area contributed by atoms with E-state index in [-0.39, 0.29) is 0 Å². The highest BCUT2D eigenvalue weighted by Crippen LogP contribution is 2.30. The Bertz CT molecular complexity index is 409. The summed E-state index contributed by atoms with van der Waals surface area (Å²) in [5.41, 5.74) is 1.37. The predicted octanol–water partition coefficient (Wildman–Crippen LogP) is 1.60. The van der Waals surface area contributed by atoms with Crippen LogP contribution in [-0.2, 0) is 0 Å². The molecule has 0 aromatic carbocycles. The van der Waals surface area contributed by atoms with E-state index >= 15 is 0 Å². The normalized spacial score (nSPS) is 26.0. The molecule has 19 heavy (non-hydrogen) atoms. The molecule has 4 nitrogen and oxygen atoms in total. The van der Waals surface area contributed by atoms with Crippen molar-refractivity contribution in [1.29, 1.82) is 0 Å². The SMILES string of the molecule is CN1CCN(c2ccc([C@@H]3CCCN3C)cn2)CC1. The van der Waals surface area contributed by atoms with Crippen molar-refractivity contribution in [3.05, 3.63) is 23.9 Å². The van der Waals surface area contributed by atoms with Gasteiger partial charge in [0.2, 0.25) is 0 Å². The van der Waals surface area contributed by atoms with Crippen molar-refractivity contribution in [2.45, 2.75) is 18.9 Å². The van der Waals surface area contributed by atoms with Crippen molar-refractivity contribution in [2.24, 2.45) is 0 Å². The van der Waals surface area contributed by atoms with Gasteiger partial charge in [-0.2, -0.15) is 0 Å². The summed E-state index contributed by atoms with van der Waals surface area (Å²) in [4.78, 5) is 11.9. The standard InChI is InChI=1S/C15H24N4/c1-17-8-10-19(11-9-17)15-6-5-13(12-16-15)14-4-3-7-18(14)2/h5-6,12,14H,3-4,7-11H2,1-2H3/t14-/m0/s1. The number of aromatic nitrogens is 1. The van der Waals surface area contributed by atoms with Crippen LogP contribution in [-0.4, -0.2) is 61.6 Å². The van der Waals surface area contributed by atoms with E-state index in [9.17, 15) is 0 Å². The summed E-state index contributed by atoms with van der Waals surface area (Å²) in [6.07, 6.45) is 4.66. The predicted molar refractivity (Wildman–Crippen MR) is 78.6 cm³/mol. The van der Waals surface area contributed by atoms with Crippen molar-refractivity contribution >= 4 is 5.82 Å². The summed E-state index contributed by atoms with van der Waals surface area (Å²) >= 11 is 0. The number of anilines is 1. The van der Waals surface area contributed by atoms with Gasteiger partial charge in [0.1, 0.15) is 5.82 Å². The molecule has 1 atom stereocenters. The van der Waals surface area contributed by atoms with Gasteiger partial charge in [-0.05, 0) is 45.1 Å². The number of likely N-dealkylation sites (tertiary alicyclic amines) is 1. The second-order valence-corrected chi connectivity index (χ2v) is 5.88. The Hall–Kier alpha value is -1.13. The lowest BCUT2D eigenvalue weighted by Crippen LogP contribution is -2.44. The largest absolute Gasteiger partial charge is 0.354 e. The maximum Gasteiger partial charge on any atom is 0.128 e. The molecule has 0 N–H and O–H groups in total. The second-order valence-electron chi connectivity index (χ2n) is 5.88. The zero-order valence-electron chi connectivity index (χ0n) is 12.0. The molecule has 0 saturated carbocycles. The van der Waals surface area contributed by atoms with Crippen LogP contribution in [0.2, 0.25) is 0 Å². The van der Waals surface area contributed by atoms with Crippen LogP contribution in [0.25, 0.3) is 0 Å². The zero-order valence-corrected chi connectivity index (χ0v) is 12.0. The molecule has 2 saturated heterocycles. The monoisotopic (exact) mass is 260 g/mol. The average Bonchev–Trinajstić information content (AvgIpc) is 2.86. The number of hydrogen-bond acceptors (Lipinski definition) is 4. The van der Waals surface area contributed by atoms with Gasteiger partial charge in [0.15, 0.2) is 0 Å². The molecule has 0 bridgehead atoms. The second kappa shape index (κ2) is 5.47. The van der Waals surface area contributed by atoms with E-state index in [0.29, 0.717) is 6.04 Å². The van der Waals surface area contributed by atoms with Crippen LogP contribution in [0.15, 0.2) is 18.3 Å². The zero-order chi connectivity index (χ0) is 13.2. The minimum Gasteiger partial charge on any atom is -0.354 e. The first-order valence-corrected chi connectivity index (χ1v) is 7.34. The molecule has 1 aromatic rings. The van der Waals surface area contributed by atoms with Gasteiger partial charge >= 0.3 is 0 Å². The third kappa shape index (κ3) is 2.74. The Labute approximate surface area is 116 Å². The Kier molecular flexibility index (Phi) is 3.71. The van der Waals surface area contributed by atoms with E-state index in [1.54, 1.807) is 0 Å². The van der Waals surface area contributed by atoms with E-state index in [1.807, 2.05) is 0 Å². The first-order valence-electron chi connectivity index (χ1n) is 7.34. The maximum absolute atomic E-state index is 4.69. The number of nitrogens with zero attached hydrogens (tertiary/aromatic N) is 4. The molecule has 2 aliphatic rings. The highest BCUT2D eigenvalue weighted by atomic mass is 15.3. The summed E-state index contributed by atoms with van der Waals surface area (Å²) < 4.78 is 0. The fourth-order valence-corrected chi connectivity index (χ4v) is 3.15. The van der Waals surface area contributed by atoms with Crippen molar-refractivity contribution < 1.29 is 0 Å². The number of pyridine rings is 1. The Morgan fingerprint density at radius 3 is 2.42 bits per heavy atom. The minimum atomic E-state index is 0.578. The van der Waals surface area contributed by atoms with E-state index in [1.165, 1.54) is 24.9 Å². The molecule has 104 valence electrons. The van der Waals surface area contributed by atoms with Gasteiger partial charge in [0.25, 0.3) is 0 Å². The third-order valence-electron chi connectivity index (χ3n) is 4.50. The fraction of sp³-hybridized carbons (Fsp3) is 0.667. The van der Waals surface area contributed by atoms with Crippen LogP contribution >= 0.6 is 0 Å². The van der Waals surface area contributed by atoms with Gasteiger partial charge in [-0.25, -0.2) is 4.98 Å². The summed E-state index contributed by atoms with van der Waals surface area (Å²) in [5, 5.41) is 0. The molecule has 4 heteroatoms. The Morgan fingerprint density at radius 2 is 1.84 bits per heavy atom. The van der Waals surface area contributed by atoms with Crippen LogP contribution in [0, 0.1) is 0 Å². The van der Waals surface area contributed by atoms with E-state index in [0.717, 1.165) is 32.0 Å². The van der Waals surface area contributed by atoms with Gasteiger partial charge in [-0.3, -0.25) is 4.90 Å². The average molecular weight is 260 g/mol. The molecule has 2 fully saturated rings. The molecule has 3 rings (SSSR count). The lowest BCUT2D eigenvalue weighted by Gasteiger charge is -2.33. The molecule has 0 spiro atoms. The first-order chi connectivity index (χ1) is 9.24. The molecule has 0 unspecified atom stereocenters. The topological polar surface area (TPSA) is 22.6 Å². The van der Waals surface area contributed by atoms with Gasteiger partial charge in [0, 0.05) is 38.4 Å². The van der Waals surface area contributed by atoms with E-state index in [4.69, 9.17) is 0 Å². The van der Waals surface area contributed by atoms with Crippen LogP contribution in [0.4, 0.5) is 5.82 Å². The summed E-state index contributed by atoms with van der Waals surface area (Å²) in [7, 11) is 4.40. The number of piperazine rings is 1. The summed E-state index contributed by atoms with van der Waals surface area (Å²) in [5.74, 6) is 1.14. The van der Waals surface area contributed by atoms with Crippen LogP contribution in [0.1, 0.15) is 24.4 Å². The molecule has 1 aromatic heterocycles. The highest BCUT2D eigenvalue weighted by Gasteiger charge is 2.23. The maximum atomic E-state index is 4.69. The molecular weight excluding hydrogens is 236 g/mol. The minimum absolute atomic E-state index is 0.578. The smallest absolute Gasteiger partial charge is 0.128 e. The molecule has 0 aliphatic carbocycles. The Morgan fingerprint density at radius 1 is 1.05 bits per heavy atom.